The van der Waals surface area contributed by atoms with Crippen LogP contribution in [0.2, 0.25) is 0 Å². The van der Waals surface area contributed by atoms with E-state index in [2.05, 4.69) is 29.0 Å². The summed E-state index contributed by atoms with van der Waals surface area (Å²) in [5.41, 5.74) is 1.12. The zero-order chi connectivity index (χ0) is 12.0. The Morgan fingerprint density at radius 1 is 1.50 bits per heavy atom. The molecule has 1 rings (SSSR count). The van der Waals surface area contributed by atoms with E-state index >= 15 is 0 Å². The summed E-state index contributed by atoms with van der Waals surface area (Å²) in [5.74, 6) is 0.0575. The Morgan fingerprint density at radius 2 is 2.25 bits per heavy atom. The number of nitrogens with one attached hydrogen (secondary N) is 2. The Bertz CT molecular complexity index is 320. The minimum absolute atomic E-state index is 0.0575. The third-order valence-electron chi connectivity index (χ3n) is 2.56. The third kappa shape index (κ3) is 4.77. The Balaban J connectivity index is 2.20. The van der Waals surface area contributed by atoms with E-state index in [1.54, 1.807) is 11.3 Å². The van der Waals surface area contributed by atoms with Gasteiger partial charge in [0.05, 0.1) is 6.54 Å². The summed E-state index contributed by atoms with van der Waals surface area (Å²) < 4.78 is 0. The van der Waals surface area contributed by atoms with Gasteiger partial charge in [-0.3, -0.25) is 4.79 Å². The maximum absolute atomic E-state index is 11.6. The van der Waals surface area contributed by atoms with Crippen LogP contribution in [-0.2, 0) is 11.3 Å². The van der Waals surface area contributed by atoms with Crippen LogP contribution in [0.4, 0.5) is 0 Å². The first-order valence-electron chi connectivity index (χ1n) is 5.56. The first-order valence-corrected chi connectivity index (χ1v) is 6.50. The average Bonchev–Trinajstić information content (AvgIpc) is 2.70. The fourth-order valence-corrected chi connectivity index (χ4v) is 1.89. The standard InChI is InChI=1S/C12H20N2OS/c1-4-12(2,3)14-11(15)8-13-7-10-5-6-16-9-10/h5-6,9,13H,4,7-8H2,1-3H3,(H,14,15). The zero-order valence-electron chi connectivity index (χ0n) is 10.2. The molecule has 3 nitrogen and oxygen atoms in total. The zero-order valence-corrected chi connectivity index (χ0v) is 11.0. The van der Waals surface area contributed by atoms with Crippen molar-refractivity contribution in [2.24, 2.45) is 0 Å². The minimum Gasteiger partial charge on any atom is -0.350 e. The van der Waals surface area contributed by atoms with Gasteiger partial charge in [0, 0.05) is 12.1 Å². The van der Waals surface area contributed by atoms with Crippen molar-refractivity contribution in [1.29, 1.82) is 0 Å². The number of carbonyl (C=O) groups is 1. The van der Waals surface area contributed by atoms with Crippen molar-refractivity contribution in [3.8, 4) is 0 Å². The molecular formula is C12H20N2OS. The molecule has 0 aromatic carbocycles. The monoisotopic (exact) mass is 240 g/mol. The molecule has 0 saturated carbocycles. The number of amides is 1. The lowest BCUT2D eigenvalue weighted by atomic mass is 10.0. The number of rotatable bonds is 6. The largest absolute Gasteiger partial charge is 0.350 e. The van der Waals surface area contributed by atoms with Gasteiger partial charge in [-0.1, -0.05) is 6.92 Å². The quantitative estimate of drug-likeness (QED) is 0.800. The van der Waals surface area contributed by atoms with Crippen molar-refractivity contribution in [3.63, 3.8) is 0 Å². The second-order valence-corrected chi connectivity index (χ2v) is 5.30. The summed E-state index contributed by atoms with van der Waals surface area (Å²) >= 11 is 1.67. The Morgan fingerprint density at radius 3 is 2.81 bits per heavy atom. The van der Waals surface area contributed by atoms with Crippen LogP contribution in [0, 0.1) is 0 Å². The predicted octanol–water partition coefficient (Wildman–Crippen LogP) is 2.14. The lowest BCUT2D eigenvalue weighted by Crippen LogP contribution is -2.46. The van der Waals surface area contributed by atoms with E-state index in [-0.39, 0.29) is 11.4 Å². The summed E-state index contributed by atoms with van der Waals surface area (Å²) in [6.07, 6.45) is 0.934. The molecule has 0 atom stereocenters. The van der Waals surface area contributed by atoms with Gasteiger partial charge in [-0.25, -0.2) is 0 Å². The summed E-state index contributed by atoms with van der Waals surface area (Å²) in [6.45, 7) is 7.26. The van der Waals surface area contributed by atoms with Gasteiger partial charge in [-0.05, 0) is 42.7 Å². The third-order valence-corrected chi connectivity index (χ3v) is 3.29. The fraction of sp³-hybridized carbons (Fsp3) is 0.583. The molecule has 4 heteroatoms. The molecule has 0 aliphatic carbocycles. The van der Waals surface area contributed by atoms with Crippen LogP contribution in [0.25, 0.3) is 0 Å². The molecule has 1 amide bonds. The highest BCUT2D eigenvalue weighted by Gasteiger charge is 2.16. The minimum atomic E-state index is -0.110. The molecule has 0 radical (unpaired) electrons. The first-order chi connectivity index (χ1) is 7.53. The number of carbonyl (C=O) groups excluding carboxylic acids is 1. The Kier molecular flexibility index (Phi) is 4.96. The van der Waals surface area contributed by atoms with Crippen molar-refractivity contribution >= 4 is 17.2 Å². The molecule has 0 fully saturated rings. The van der Waals surface area contributed by atoms with Gasteiger partial charge in [-0.15, -0.1) is 0 Å². The van der Waals surface area contributed by atoms with Gasteiger partial charge in [0.1, 0.15) is 0 Å². The van der Waals surface area contributed by atoms with Crippen molar-refractivity contribution in [2.75, 3.05) is 6.54 Å². The summed E-state index contributed by atoms with van der Waals surface area (Å²) in [6, 6.07) is 2.06. The van der Waals surface area contributed by atoms with E-state index < -0.39 is 0 Å². The van der Waals surface area contributed by atoms with Crippen molar-refractivity contribution in [3.05, 3.63) is 22.4 Å². The second-order valence-electron chi connectivity index (χ2n) is 4.52. The normalized spacial score (nSPS) is 11.4. The molecule has 1 heterocycles. The predicted molar refractivity (Wildman–Crippen MR) is 68.5 cm³/mol. The topological polar surface area (TPSA) is 41.1 Å². The Hall–Kier alpha value is -0.870. The maximum Gasteiger partial charge on any atom is 0.234 e. The molecule has 16 heavy (non-hydrogen) atoms. The van der Waals surface area contributed by atoms with E-state index in [1.807, 2.05) is 19.2 Å². The van der Waals surface area contributed by atoms with E-state index in [4.69, 9.17) is 0 Å². The highest BCUT2D eigenvalue weighted by Crippen LogP contribution is 2.06. The number of thiophene rings is 1. The molecule has 0 saturated heterocycles. The molecule has 0 spiro atoms. The molecule has 0 aliphatic heterocycles. The summed E-state index contributed by atoms with van der Waals surface area (Å²) in [7, 11) is 0. The molecule has 0 aliphatic rings. The SMILES string of the molecule is CCC(C)(C)NC(=O)CNCc1ccsc1. The summed E-state index contributed by atoms with van der Waals surface area (Å²) in [4.78, 5) is 11.6. The smallest absolute Gasteiger partial charge is 0.234 e. The van der Waals surface area contributed by atoms with Gasteiger partial charge in [0.2, 0.25) is 5.91 Å². The number of hydrogen-bond donors (Lipinski definition) is 2. The van der Waals surface area contributed by atoms with Crippen LogP contribution in [0.3, 0.4) is 0 Å². The molecule has 90 valence electrons. The lowest BCUT2D eigenvalue weighted by molar-refractivity contribution is -0.121. The fourth-order valence-electron chi connectivity index (χ4n) is 1.22. The van der Waals surface area contributed by atoms with Gasteiger partial charge in [-0.2, -0.15) is 11.3 Å². The van der Waals surface area contributed by atoms with Gasteiger partial charge in [0.15, 0.2) is 0 Å². The molecule has 1 aromatic rings. The van der Waals surface area contributed by atoms with Crippen molar-refractivity contribution in [1.82, 2.24) is 10.6 Å². The van der Waals surface area contributed by atoms with Crippen molar-refractivity contribution < 1.29 is 4.79 Å². The lowest BCUT2D eigenvalue weighted by Gasteiger charge is -2.24. The van der Waals surface area contributed by atoms with Gasteiger partial charge in [0.25, 0.3) is 0 Å². The van der Waals surface area contributed by atoms with E-state index in [0.29, 0.717) is 6.54 Å². The van der Waals surface area contributed by atoms with Gasteiger partial charge >= 0.3 is 0 Å². The molecule has 1 aromatic heterocycles. The number of hydrogen-bond acceptors (Lipinski definition) is 3. The van der Waals surface area contributed by atoms with Crippen LogP contribution < -0.4 is 10.6 Å². The highest BCUT2D eigenvalue weighted by atomic mass is 32.1. The molecule has 0 unspecified atom stereocenters. The summed E-state index contributed by atoms with van der Waals surface area (Å²) in [5, 5.41) is 10.2. The first kappa shape index (κ1) is 13.2. The van der Waals surface area contributed by atoms with Crippen LogP contribution >= 0.6 is 11.3 Å². The van der Waals surface area contributed by atoms with Crippen LogP contribution in [0.5, 0.6) is 0 Å². The van der Waals surface area contributed by atoms with E-state index in [0.717, 1.165) is 13.0 Å². The van der Waals surface area contributed by atoms with Crippen molar-refractivity contribution in [2.45, 2.75) is 39.3 Å². The van der Waals surface area contributed by atoms with Crippen LogP contribution in [-0.4, -0.2) is 18.0 Å². The molecule has 2 N–H and O–H groups in total. The highest BCUT2D eigenvalue weighted by molar-refractivity contribution is 7.07. The second kappa shape index (κ2) is 6.01. The maximum atomic E-state index is 11.6. The van der Waals surface area contributed by atoms with E-state index in [9.17, 15) is 4.79 Å². The Labute approximate surface area is 101 Å². The van der Waals surface area contributed by atoms with Gasteiger partial charge < -0.3 is 10.6 Å². The molecular weight excluding hydrogens is 220 g/mol. The molecule has 0 bridgehead atoms. The van der Waals surface area contributed by atoms with E-state index in [1.165, 1.54) is 5.56 Å². The van der Waals surface area contributed by atoms with Crippen LogP contribution in [0.1, 0.15) is 32.8 Å². The average molecular weight is 240 g/mol. The van der Waals surface area contributed by atoms with Crippen LogP contribution in [0.15, 0.2) is 16.8 Å².